The van der Waals surface area contributed by atoms with Crippen LogP contribution in [0.25, 0.3) is 0 Å². The zero-order valence-corrected chi connectivity index (χ0v) is 21.7. The number of anilines is 1. The molecule has 1 heterocycles. The van der Waals surface area contributed by atoms with Crippen molar-refractivity contribution in [3.05, 3.63) is 66.3 Å². The van der Waals surface area contributed by atoms with Gasteiger partial charge in [-0.3, -0.25) is 4.79 Å². The summed E-state index contributed by atoms with van der Waals surface area (Å²) in [7, 11) is 6.10. The number of fused-ring (bicyclic) bond motifs is 1. The maximum atomic E-state index is 13.6. The Labute approximate surface area is 220 Å². The summed E-state index contributed by atoms with van der Waals surface area (Å²) >= 11 is 0. The van der Waals surface area contributed by atoms with E-state index in [2.05, 4.69) is 5.32 Å². The van der Waals surface area contributed by atoms with Gasteiger partial charge in [0.25, 0.3) is 5.91 Å². The summed E-state index contributed by atoms with van der Waals surface area (Å²) in [6, 6.07) is 9.72. The lowest BCUT2D eigenvalue weighted by molar-refractivity contribution is -0.417. The van der Waals surface area contributed by atoms with Gasteiger partial charge in [-0.2, -0.15) is 9.37 Å². The third-order valence-corrected chi connectivity index (χ3v) is 6.30. The van der Waals surface area contributed by atoms with E-state index in [-0.39, 0.29) is 18.1 Å². The minimum absolute atomic E-state index is 0.250. The lowest BCUT2D eigenvalue weighted by Gasteiger charge is -2.26. The van der Waals surface area contributed by atoms with Crippen LogP contribution in [0.1, 0.15) is 5.56 Å². The zero-order valence-electron chi connectivity index (χ0n) is 21.7. The van der Waals surface area contributed by atoms with Crippen molar-refractivity contribution in [1.82, 2.24) is 5.32 Å². The molecule has 198 valence electrons. The summed E-state index contributed by atoms with van der Waals surface area (Å²) < 4.78 is 22.5. The highest BCUT2D eigenvalue weighted by molar-refractivity contribution is 6.26. The molecule has 0 aromatic heterocycles. The molecular formula is C28H30N3O7+. The molecule has 10 nitrogen and oxygen atoms in total. The first-order valence-corrected chi connectivity index (χ1v) is 12.0. The van der Waals surface area contributed by atoms with Crippen LogP contribution in [0, 0.1) is 5.92 Å². The SMILES string of the molecule is COc1cc(OC)cc(N2C(=O)C3C=CC=CC3=[N+](CC(=O)NCCc3ccc(OC)c(OC)c3)C2=O)c1. The van der Waals surface area contributed by atoms with Gasteiger partial charge in [-0.1, -0.05) is 24.3 Å². The van der Waals surface area contributed by atoms with Gasteiger partial charge in [0.1, 0.15) is 28.8 Å². The molecule has 0 radical (unpaired) electrons. The first-order valence-electron chi connectivity index (χ1n) is 12.0. The van der Waals surface area contributed by atoms with E-state index in [1.165, 1.54) is 18.8 Å². The van der Waals surface area contributed by atoms with Gasteiger partial charge in [-0.15, -0.1) is 4.90 Å². The predicted molar refractivity (Wildman–Crippen MR) is 141 cm³/mol. The van der Waals surface area contributed by atoms with Crippen molar-refractivity contribution in [1.29, 1.82) is 0 Å². The molecule has 0 bridgehead atoms. The van der Waals surface area contributed by atoms with Crippen LogP contribution in [0.3, 0.4) is 0 Å². The topological polar surface area (TPSA) is 106 Å². The first-order chi connectivity index (χ1) is 18.4. The lowest BCUT2D eigenvalue weighted by Crippen LogP contribution is -2.56. The summed E-state index contributed by atoms with van der Waals surface area (Å²) in [6.45, 7) is 0.0975. The number of imide groups is 1. The van der Waals surface area contributed by atoms with E-state index >= 15 is 0 Å². The van der Waals surface area contributed by atoms with Gasteiger partial charge in [-0.25, -0.2) is 4.79 Å². The maximum absolute atomic E-state index is 13.6. The molecule has 0 spiro atoms. The molecule has 1 unspecified atom stereocenters. The molecule has 10 heteroatoms. The molecule has 2 aromatic rings. The quantitative estimate of drug-likeness (QED) is 0.480. The monoisotopic (exact) mass is 520 g/mol. The lowest BCUT2D eigenvalue weighted by atomic mass is 9.94. The van der Waals surface area contributed by atoms with Gasteiger partial charge >= 0.3 is 11.9 Å². The van der Waals surface area contributed by atoms with Crippen LogP contribution in [0.2, 0.25) is 0 Å². The molecule has 2 aromatic carbocycles. The van der Waals surface area contributed by atoms with Crippen molar-refractivity contribution in [3.63, 3.8) is 0 Å². The van der Waals surface area contributed by atoms with Gasteiger partial charge in [0.2, 0.25) is 0 Å². The number of nitrogens with zero attached hydrogens (tertiary/aromatic N) is 2. The second kappa shape index (κ2) is 11.6. The number of rotatable bonds is 10. The van der Waals surface area contributed by atoms with Crippen LogP contribution in [-0.2, 0) is 16.0 Å². The number of carbonyl (C=O) groups is 3. The molecule has 38 heavy (non-hydrogen) atoms. The summed E-state index contributed by atoms with van der Waals surface area (Å²) in [5.74, 6) is 0.583. The van der Waals surface area contributed by atoms with Gasteiger partial charge in [0.05, 0.1) is 28.4 Å². The van der Waals surface area contributed by atoms with Crippen molar-refractivity contribution in [3.8, 4) is 23.0 Å². The Balaban J connectivity index is 1.53. The number of benzene rings is 2. The van der Waals surface area contributed by atoms with Crippen LogP contribution in [-0.4, -0.2) is 69.7 Å². The van der Waals surface area contributed by atoms with E-state index in [1.807, 2.05) is 12.1 Å². The Hall–Kier alpha value is -4.60. The fourth-order valence-electron chi connectivity index (χ4n) is 4.36. The van der Waals surface area contributed by atoms with Crippen LogP contribution >= 0.6 is 0 Å². The molecule has 0 saturated heterocycles. The molecule has 4 amide bonds. The molecule has 2 aliphatic rings. The largest absolute Gasteiger partial charge is 0.506 e. The van der Waals surface area contributed by atoms with Crippen molar-refractivity contribution in [2.75, 3.05) is 46.4 Å². The maximum Gasteiger partial charge on any atom is 0.506 e. The van der Waals surface area contributed by atoms with Gasteiger partial charge in [-0.05, 0) is 30.2 Å². The molecule has 1 aliphatic carbocycles. The smallest absolute Gasteiger partial charge is 0.496 e. The third kappa shape index (κ3) is 5.39. The van der Waals surface area contributed by atoms with Gasteiger partial charge in [0, 0.05) is 24.7 Å². The Morgan fingerprint density at radius 1 is 0.921 bits per heavy atom. The molecule has 4 rings (SSSR count). The highest BCUT2D eigenvalue weighted by Crippen LogP contribution is 2.32. The molecule has 0 fully saturated rings. The summed E-state index contributed by atoms with van der Waals surface area (Å²) in [6.07, 6.45) is 7.42. The molecule has 1 atom stereocenters. The van der Waals surface area contributed by atoms with Gasteiger partial charge < -0.3 is 24.3 Å². The first kappa shape index (κ1) is 26.5. The molecule has 1 N–H and O–H groups in total. The average Bonchev–Trinajstić information content (AvgIpc) is 2.95. The Kier molecular flexibility index (Phi) is 8.10. The average molecular weight is 521 g/mol. The van der Waals surface area contributed by atoms with Crippen LogP contribution in [0.5, 0.6) is 23.0 Å². The number of urea groups is 1. The number of allylic oxidation sites excluding steroid dienone is 3. The van der Waals surface area contributed by atoms with E-state index in [0.717, 1.165) is 10.5 Å². The fourth-order valence-corrected chi connectivity index (χ4v) is 4.36. The minimum atomic E-state index is -0.713. The Bertz CT molecular complexity index is 1320. The number of carbonyl (C=O) groups excluding carboxylic acids is 3. The molecule has 0 saturated carbocycles. The zero-order chi connectivity index (χ0) is 27.2. The second-order valence-electron chi connectivity index (χ2n) is 8.55. The highest BCUT2D eigenvalue weighted by atomic mass is 16.5. The normalized spacial score (nSPS) is 16.3. The van der Waals surface area contributed by atoms with Crippen LogP contribution < -0.4 is 29.2 Å². The third-order valence-electron chi connectivity index (χ3n) is 6.30. The number of amides is 4. The number of ether oxygens (including phenoxy) is 4. The van der Waals surface area contributed by atoms with Crippen molar-refractivity contribution >= 4 is 29.2 Å². The fraction of sp³-hybridized carbons (Fsp3) is 0.286. The van der Waals surface area contributed by atoms with Crippen molar-refractivity contribution in [2.45, 2.75) is 6.42 Å². The highest BCUT2D eigenvalue weighted by Gasteiger charge is 2.48. The van der Waals surface area contributed by atoms with E-state index in [1.54, 1.807) is 62.8 Å². The van der Waals surface area contributed by atoms with E-state index in [9.17, 15) is 14.4 Å². The van der Waals surface area contributed by atoms with E-state index in [4.69, 9.17) is 18.9 Å². The Morgan fingerprint density at radius 3 is 2.29 bits per heavy atom. The Morgan fingerprint density at radius 2 is 1.63 bits per heavy atom. The molecular weight excluding hydrogens is 490 g/mol. The summed E-state index contributed by atoms with van der Waals surface area (Å²) in [4.78, 5) is 41.0. The van der Waals surface area contributed by atoms with Crippen molar-refractivity contribution in [2.24, 2.45) is 5.92 Å². The van der Waals surface area contributed by atoms with Crippen LogP contribution in [0.15, 0.2) is 60.7 Å². The molecule has 1 aliphatic heterocycles. The standard InChI is InChI=1S/C28H29N3O7/c1-35-20-14-19(15-21(16-20)36-2)31-27(33)22-7-5-6-8-23(22)30(28(31)34)17-26(32)29-12-11-18-9-10-24(37-3)25(13-18)38-4/h5-10,13-16,22H,11-12,17H2,1-4H3/p+1. The van der Waals surface area contributed by atoms with Gasteiger partial charge in [0.15, 0.2) is 18.0 Å². The summed E-state index contributed by atoms with van der Waals surface area (Å²) in [5.41, 5.74) is 1.69. The van der Waals surface area contributed by atoms with E-state index in [0.29, 0.717) is 41.7 Å². The minimum Gasteiger partial charge on any atom is -0.496 e. The predicted octanol–water partition coefficient (Wildman–Crippen LogP) is 2.74. The van der Waals surface area contributed by atoms with Crippen LogP contribution in [0.4, 0.5) is 10.5 Å². The number of methoxy groups -OCH3 is 4. The van der Waals surface area contributed by atoms with Crippen molar-refractivity contribution < 1.29 is 37.9 Å². The number of nitrogens with one attached hydrogen (secondary N) is 1. The number of hydrogen-bond donors (Lipinski definition) is 1. The summed E-state index contributed by atoms with van der Waals surface area (Å²) in [5, 5.41) is 2.86. The second-order valence-corrected chi connectivity index (χ2v) is 8.55. The number of hydrogen-bond acceptors (Lipinski definition) is 7. The van der Waals surface area contributed by atoms with E-state index < -0.39 is 17.9 Å².